The SMILES string of the molecule is CC(=O)c1sccc1NC(=O)c1ccccc1C(=O)O. The number of hydrogen-bond donors (Lipinski definition) is 2. The molecule has 0 atom stereocenters. The van der Waals surface area contributed by atoms with Gasteiger partial charge in [-0.05, 0) is 23.6 Å². The van der Waals surface area contributed by atoms with E-state index in [1.54, 1.807) is 23.6 Å². The summed E-state index contributed by atoms with van der Waals surface area (Å²) in [5.41, 5.74) is 0.373. The molecule has 0 aliphatic heterocycles. The predicted octanol–water partition coefficient (Wildman–Crippen LogP) is 2.90. The summed E-state index contributed by atoms with van der Waals surface area (Å²) in [6.45, 7) is 1.41. The fourth-order valence-corrected chi connectivity index (χ4v) is 2.49. The lowest BCUT2D eigenvalue weighted by molar-refractivity contribution is 0.0692. The highest BCUT2D eigenvalue weighted by atomic mass is 32.1. The average Bonchev–Trinajstić information content (AvgIpc) is 2.87. The molecule has 0 radical (unpaired) electrons. The van der Waals surface area contributed by atoms with Crippen molar-refractivity contribution in [3.05, 3.63) is 51.7 Å². The zero-order chi connectivity index (χ0) is 14.7. The first kappa shape index (κ1) is 14.0. The number of carbonyl (C=O) groups excluding carboxylic acids is 2. The smallest absolute Gasteiger partial charge is 0.336 e. The van der Waals surface area contributed by atoms with E-state index in [9.17, 15) is 14.4 Å². The van der Waals surface area contributed by atoms with Crippen molar-refractivity contribution >= 4 is 34.7 Å². The van der Waals surface area contributed by atoms with Crippen LogP contribution in [0, 0.1) is 0 Å². The third-order valence-corrected chi connectivity index (χ3v) is 3.65. The molecule has 0 fully saturated rings. The van der Waals surface area contributed by atoms with E-state index >= 15 is 0 Å². The van der Waals surface area contributed by atoms with E-state index in [0.717, 1.165) is 0 Å². The van der Waals surface area contributed by atoms with E-state index in [2.05, 4.69) is 5.32 Å². The fourth-order valence-electron chi connectivity index (χ4n) is 1.74. The minimum absolute atomic E-state index is 0.0562. The number of Topliss-reactive ketones (excluding diaryl/α,β-unsaturated/α-hetero) is 1. The molecule has 1 aromatic heterocycles. The van der Waals surface area contributed by atoms with Crippen LogP contribution in [0.15, 0.2) is 35.7 Å². The molecule has 0 saturated heterocycles. The number of carboxylic acids is 1. The van der Waals surface area contributed by atoms with Crippen LogP contribution in [-0.2, 0) is 0 Å². The molecule has 0 aliphatic rings. The zero-order valence-electron chi connectivity index (χ0n) is 10.5. The molecule has 1 heterocycles. The van der Waals surface area contributed by atoms with Crippen LogP contribution in [0.4, 0.5) is 5.69 Å². The molecule has 2 N–H and O–H groups in total. The highest BCUT2D eigenvalue weighted by molar-refractivity contribution is 7.12. The maximum Gasteiger partial charge on any atom is 0.336 e. The molecule has 102 valence electrons. The molecule has 1 aromatic carbocycles. The molecule has 2 rings (SSSR count). The van der Waals surface area contributed by atoms with Gasteiger partial charge in [0.15, 0.2) is 5.78 Å². The third kappa shape index (κ3) is 2.75. The third-order valence-electron chi connectivity index (χ3n) is 2.64. The van der Waals surface area contributed by atoms with Gasteiger partial charge in [0.2, 0.25) is 0 Å². The van der Waals surface area contributed by atoms with Gasteiger partial charge in [-0.2, -0.15) is 0 Å². The number of thiophene rings is 1. The van der Waals surface area contributed by atoms with Crippen LogP contribution < -0.4 is 5.32 Å². The predicted molar refractivity (Wildman–Crippen MR) is 75.7 cm³/mol. The highest BCUT2D eigenvalue weighted by Crippen LogP contribution is 2.23. The van der Waals surface area contributed by atoms with E-state index in [1.165, 1.54) is 30.4 Å². The first-order chi connectivity index (χ1) is 9.50. The van der Waals surface area contributed by atoms with Crippen molar-refractivity contribution in [2.75, 3.05) is 5.32 Å². The van der Waals surface area contributed by atoms with E-state index in [4.69, 9.17) is 5.11 Å². The second-order valence-corrected chi connectivity index (χ2v) is 4.94. The monoisotopic (exact) mass is 289 g/mol. The summed E-state index contributed by atoms with van der Waals surface area (Å²) >= 11 is 1.22. The summed E-state index contributed by atoms with van der Waals surface area (Å²) in [4.78, 5) is 35.0. The lowest BCUT2D eigenvalue weighted by Gasteiger charge is -2.07. The molecule has 5 nitrogen and oxygen atoms in total. The molecule has 1 amide bonds. The van der Waals surface area contributed by atoms with E-state index in [0.29, 0.717) is 10.6 Å². The highest BCUT2D eigenvalue weighted by Gasteiger charge is 2.18. The molecule has 0 spiro atoms. The van der Waals surface area contributed by atoms with Crippen LogP contribution in [0.1, 0.15) is 37.3 Å². The topological polar surface area (TPSA) is 83.5 Å². The Labute approximate surface area is 118 Å². The standard InChI is InChI=1S/C14H11NO4S/c1-8(16)12-11(6-7-20-12)15-13(17)9-4-2-3-5-10(9)14(18)19/h2-7H,1H3,(H,15,17)(H,18,19). The van der Waals surface area contributed by atoms with Crippen molar-refractivity contribution in [1.29, 1.82) is 0 Å². The normalized spacial score (nSPS) is 10.1. The number of hydrogen-bond acceptors (Lipinski definition) is 4. The van der Waals surface area contributed by atoms with Gasteiger partial charge >= 0.3 is 5.97 Å². The summed E-state index contributed by atoms with van der Waals surface area (Å²) < 4.78 is 0. The number of benzene rings is 1. The molecule has 6 heteroatoms. The summed E-state index contributed by atoms with van der Waals surface area (Å²) in [5, 5.41) is 13.3. The Hall–Kier alpha value is -2.47. The maximum absolute atomic E-state index is 12.1. The van der Waals surface area contributed by atoms with E-state index < -0.39 is 11.9 Å². The molecule has 0 bridgehead atoms. The molecule has 0 saturated carbocycles. The van der Waals surface area contributed by atoms with Crippen LogP contribution in [-0.4, -0.2) is 22.8 Å². The number of carbonyl (C=O) groups is 3. The lowest BCUT2D eigenvalue weighted by atomic mass is 10.1. The van der Waals surface area contributed by atoms with Crippen molar-refractivity contribution in [2.45, 2.75) is 6.92 Å². The van der Waals surface area contributed by atoms with Crippen LogP contribution >= 0.6 is 11.3 Å². The van der Waals surface area contributed by atoms with Gasteiger partial charge < -0.3 is 10.4 Å². The summed E-state index contributed by atoms with van der Waals surface area (Å²) in [5.74, 6) is -1.88. The van der Waals surface area contributed by atoms with Crippen molar-refractivity contribution in [2.24, 2.45) is 0 Å². The van der Waals surface area contributed by atoms with E-state index in [1.807, 2.05) is 0 Å². The molecule has 20 heavy (non-hydrogen) atoms. The number of ketones is 1. The second-order valence-electron chi connectivity index (χ2n) is 4.02. The Bertz CT molecular complexity index is 690. The number of rotatable bonds is 4. The van der Waals surface area contributed by atoms with Gasteiger partial charge in [-0.15, -0.1) is 11.3 Å². The fraction of sp³-hybridized carbons (Fsp3) is 0.0714. The van der Waals surface area contributed by atoms with E-state index in [-0.39, 0.29) is 16.9 Å². The molecule has 0 unspecified atom stereocenters. The second kappa shape index (κ2) is 5.66. The van der Waals surface area contributed by atoms with Gasteiger partial charge in [0, 0.05) is 6.92 Å². The Morgan fingerprint density at radius 1 is 1.10 bits per heavy atom. The quantitative estimate of drug-likeness (QED) is 0.848. The van der Waals surface area contributed by atoms with Gasteiger partial charge in [0.1, 0.15) is 0 Å². The average molecular weight is 289 g/mol. The number of aromatic carboxylic acids is 1. The van der Waals surface area contributed by atoms with Crippen LogP contribution in [0.2, 0.25) is 0 Å². The molecule has 0 aliphatic carbocycles. The Morgan fingerprint density at radius 3 is 2.35 bits per heavy atom. The van der Waals surface area contributed by atoms with Gasteiger partial charge in [-0.3, -0.25) is 9.59 Å². The molecular weight excluding hydrogens is 278 g/mol. The Kier molecular flexibility index (Phi) is 3.95. The minimum atomic E-state index is -1.17. The minimum Gasteiger partial charge on any atom is -0.478 e. The van der Waals surface area contributed by atoms with Gasteiger partial charge in [-0.25, -0.2) is 4.79 Å². The number of amides is 1. The number of carboxylic acid groups (broad SMARTS) is 1. The first-order valence-electron chi connectivity index (χ1n) is 5.73. The van der Waals surface area contributed by atoms with Gasteiger partial charge in [0.05, 0.1) is 21.7 Å². The lowest BCUT2D eigenvalue weighted by Crippen LogP contribution is -2.17. The van der Waals surface area contributed by atoms with Crippen molar-refractivity contribution in [3.8, 4) is 0 Å². The van der Waals surface area contributed by atoms with Gasteiger partial charge in [0.25, 0.3) is 5.91 Å². The Balaban J connectivity index is 2.31. The largest absolute Gasteiger partial charge is 0.478 e. The Morgan fingerprint density at radius 2 is 1.75 bits per heavy atom. The molecular formula is C14H11NO4S. The van der Waals surface area contributed by atoms with Crippen molar-refractivity contribution in [3.63, 3.8) is 0 Å². The molecule has 2 aromatic rings. The van der Waals surface area contributed by atoms with Gasteiger partial charge in [-0.1, -0.05) is 12.1 Å². The first-order valence-corrected chi connectivity index (χ1v) is 6.60. The van der Waals surface area contributed by atoms with Crippen molar-refractivity contribution in [1.82, 2.24) is 0 Å². The van der Waals surface area contributed by atoms with Crippen LogP contribution in [0.5, 0.6) is 0 Å². The number of anilines is 1. The summed E-state index contributed by atoms with van der Waals surface area (Å²) in [7, 11) is 0. The van der Waals surface area contributed by atoms with Crippen LogP contribution in [0.25, 0.3) is 0 Å². The zero-order valence-corrected chi connectivity index (χ0v) is 11.4. The van der Waals surface area contributed by atoms with Crippen LogP contribution in [0.3, 0.4) is 0 Å². The van der Waals surface area contributed by atoms with Crippen molar-refractivity contribution < 1.29 is 19.5 Å². The summed E-state index contributed by atoms with van der Waals surface area (Å²) in [6, 6.07) is 7.53. The number of nitrogens with one attached hydrogen (secondary N) is 1. The maximum atomic E-state index is 12.1. The summed E-state index contributed by atoms with van der Waals surface area (Å²) in [6.07, 6.45) is 0.